The number of aliphatic imine (C=N–C) groups is 4. The van der Waals surface area contributed by atoms with Gasteiger partial charge in [0.15, 0.2) is 0 Å². The van der Waals surface area contributed by atoms with Crippen LogP contribution in [-0.4, -0.2) is 42.8 Å². The minimum absolute atomic E-state index is 0.332. The summed E-state index contributed by atoms with van der Waals surface area (Å²) in [5, 5.41) is 7.44. The largest absolute Gasteiger partial charge is 0.354 e. The van der Waals surface area contributed by atoms with E-state index in [1.807, 2.05) is 97.1 Å². The maximum absolute atomic E-state index is 7.33. The quantitative estimate of drug-likeness (QED) is 0.116. The maximum Gasteiger partial charge on any atom is 0.0738 e. The molecule has 0 aliphatic carbocycles. The van der Waals surface area contributed by atoms with E-state index >= 15 is 0 Å². The van der Waals surface area contributed by atoms with Crippen molar-refractivity contribution in [3.63, 3.8) is 0 Å². The highest BCUT2D eigenvalue weighted by Gasteiger charge is 2.32. The van der Waals surface area contributed by atoms with Gasteiger partial charge in [0.1, 0.15) is 0 Å². The van der Waals surface area contributed by atoms with E-state index in [1.54, 1.807) is 146 Å². The average Bonchev–Trinajstić information content (AvgIpc) is 1.60. The third-order valence-corrected chi connectivity index (χ3v) is 24.2. The van der Waals surface area contributed by atoms with Gasteiger partial charge in [-0.05, 0) is 194 Å². The van der Waals surface area contributed by atoms with E-state index in [2.05, 4.69) is 19.9 Å². The third kappa shape index (κ3) is 13.9. The van der Waals surface area contributed by atoms with Gasteiger partial charge in [-0.1, -0.05) is 234 Å². The van der Waals surface area contributed by atoms with E-state index in [1.165, 1.54) is 0 Å². The molecule has 0 saturated heterocycles. The lowest BCUT2D eigenvalue weighted by molar-refractivity contribution is 1.25. The Bertz CT molecular complexity index is 5870. The number of rotatable bonds is 8. The number of aromatic amines is 4. The molecule has 0 spiro atoms. The van der Waals surface area contributed by atoms with Gasteiger partial charge in [-0.2, -0.15) is 0 Å². The third-order valence-electron chi connectivity index (χ3n) is 19.2. The summed E-state index contributed by atoms with van der Waals surface area (Å²) < 4.78 is 0. The van der Waals surface area contributed by atoms with Gasteiger partial charge in [-0.3, -0.25) is 0 Å². The van der Waals surface area contributed by atoms with Crippen LogP contribution in [0.1, 0.15) is 67.3 Å². The molecule has 0 saturated carbocycles. The molecule has 8 nitrogen and oxygen atoms in total. The number of halogens is 16. The maximum atomic E-state index is 7.33. The average molecular weight is 1780 g/mol. The highest BCUT2D eigenvalue weighted by molar-refractivity contribution is 6.48. The van der Waals surface area contributed by atoms with Gasteiger partial charge in [0.2, 0.25) is 0 Å². The van der Waals surface area contributed by atoms with E-state index in [-0.39, 0.29) is 0 Å². The van der Waals surface area contributed by atoms with Crippen LogP contribution in [0, 0.1) is 0 Å². The lowest BCUT2D eigenvalue weighted by atomic mass is 10.00. The summed E-state index contributed by atoms with van der Waals surface area (Å²) in [6.07, 6.45) is 15.0. The molecule has 0 radical (unpaired) electrons. The number of nitrogens with one attached hydrogen (secondary N) is 4. The predicted octanol–water partition coefficient (Wildman–Crippen LogP) is 26.4. The van der Waals surface area contributed by atoms with Gasteiger partial charge in [-0.15, -0.1) is 0 Å². The number of H-pyrrole nitrogens is 4. The Morgan fingerprint density at radius 1 is 0.161 bits per heavy atom. The van der Waals surface area contributed by atoms with Crippen molar-refractivity contribution >= 4 is 253 Å². The van der Waals surface area contributed by atoms with Crippen molar-refractivity contribution in [2.75, 3.05) is 0 Å². The first-order valence-corrected chi connectivity index (χ1v) is 40.1. The Balaban J connectivity index is 1.01. The summed E-state index contributed by atoms with van der Waals surface area (Å²) >= 11 is 117. The topological polar surface area (TPSA) is 113 Å². The normalized spacial score (nSPS) is 15.0. The van der Waals surface area contributed by atoms with Gasteiger partial charge in [-0.25, -0.2) is 20.0 Å². The fourth-order valence-corrected chi connectivity index (χ4v) is 19.1. The number of allylic oxidation sites excluding steroid dienone is 8. The molecule has 0 atom stereocenters. The first kappa shape index (κ1) is 76.2. The molecule has 16 bridgehead atoms. The summed E-state index contributed by atoms with van der Waals surface area (Å²) in [7, 11) is 0. The number of benzene rings is 8. The molecule has 0 fully saturated rings. The zero-order valence-electron chi connectivity index (χ0n) is 56.9. The van der Waals surface area contributed by atoms with Gasteiger partial charge < -0.3 is 19.9 Å². The first-order valence-electron chi connectivity index (χ1n) is 34.1. The Hall–Kier alpha value is -8.40. The molecule has 8 aromatic carbocycles. The summed E-state index contributed by atoms with van der Waals surface area (Å²) in [5.41, 5.74) is 13.6. The second kappa shape index (κ2) is 31.4. The first-order chi connectivity index (χ1) is 54.2. The van der Waals surface area contributed by atoms with Crippen molar-refractivity contribution in [1.82, 2.24) is 19.9 Å². The lowest BCUT2D eigenvalue weighted by Crippen LogP contribution is -2.21. The van der Waals surface area contributed by atoms with Crippen LogP contribution in [-0.2, 0) is 0 Å². The number of nitrogens with zero attached hydrogens (tertiary/aromatic N) is 4. The van der Waals surface area contributed by atoms with Crippen LogP contribution in [0.3, 0.4) is 0 Å². The predicted molar refractivity (Wildman–Crippen MR) is 474 cm³/mol. The summed E-state index contributed by atoms with van der Waals surface area (Å²) in [5.74, 6) is 0. The van der Waals surface area contributed by atoms with Crippen molar-refractivity contribution in [2.24, 2.45) is 20.0 Å². The molecule has 0 amide bonds. The molecule has 12 aromatic rings. The number of hydrogen-bond acceptors (Lipinski definition) is 4. The Morgan fingerprint density at radius 3 is 0.473 bits per heavy atom. The molecule has 548 valence electrons. The van der Waals surface area contributed by atoms with Crippen LogP contribution >= 0.6 is 186 Å². The molecular weight excluding hydrogens is 1740 g/mol. The summed E-state index contributed by atoms with van der Waals surface area (Å²) in [6, 6.07) is 57.5. The molecular formula is C88H44Cl16N8. The summed E-state index contributed by atoms with van der Waals surface area (Å²) in [4.78, 5) is 36.9. The molecule has 17 rings (SSSR count). The van der Waals surface area contributed by atoms with E-state index in [0.717, 1.165) is 0 Å². The molecule has 9 heterocycles. The Labute approximate surface area is 720 Å². The van der Waals surface area contributed by atoms with Crippen molar-refractivity contribution in [3.05, 3.63) is 435 Å². The monoisotopic (exact) mass is 1770 g/mol. The van der Waals surface area contributed by atoms with Crippen molar-refractivity contribution in [1.29, 1.82) is 0 Å². The van der Waals surface area contributed by atoms with Crippen LogP contribution in [0.25, 0.3) is 44.6 Å². The standard InChI is InChI=1S/C88H44Cl16N8/c89-41-9-1-10-42(90)73(41)81-57-25-27-59(105-57)82(74-43(91)11-2-12-44(74)92)61-29-31-63(107-61)84(76-47(95)15-4-16-48(76)96)65-33-35-67(109-65)86(78-51(99)19-6-20-52(78)100)69-37-39-71(111-69)88(80-55(103)23-8-24-56(80)104)72-40-38-70(112-72)87(79-53(101)21-7-22-54(79)102)68-36-34-66(110-68)85(77-49(97)17-5-18-50(77)98)64-32-30-62(108-64)83(60-28-26-58(81)106-60)75-45(93)13-3-14-46(75)94/h1-40,105,108-109,112H. The molecule has 4 N–H and O–H groups in total. The van der Waals surface area contributed by atoms with Crippen LogP contribution in [0.2, 0.25) is 80.4 Å². The van der Waals surface area contributed by atoms with Crippen molar-refractivity contribution < 1.29 is 0 Å². The number of aromatic nitrogens is 4. The zero-order valence-corrected chi connectivity index (χ0v) is 69.0. The smallest absolute Gasteiger partial charge is 0.0738 e. The van der Waals surface area contributed by atoms with Crippen LogP contribution in [0.5, 0.6) is 0 Å². The fourth-order valence-electron chi connectivity index (χ4n) is 14.4. The minimum atomic E-state index is 0.332. The number of hydrogen-bond donors (Lipinski definition) is 4. The van der Waals surface area contributed by atoms with Gasteiger partial charge >= 0.3 is 0 Å². The molecule has 24 heteroatoms. The molecule has 4 aromatic heterocycles. The fraction of sp³-hybridized carbons (Fsp3) is 0. The molecule has 0 unspecified atom stereocenters. The van der Waals surface area contributed by atoms with E-state index in [0.29, 0.717) is 259 Å². The number of fused-ring (bicyclic) bond motifs is 12. The Morgan fingerprint density at radius 2 is 0.312 bits per heavy atom. The zero-order chi connectivity index (χ0) is 77.7. The summed E-state index contributed by atoms with van der Waals surface area (Å²) in [6.45, 7) is 0. The van der Waals surface area contributed by atoms with Crippen LogP contribution in [0.15, 0.2) is 285 Å². The highest BCUT2D eigenvalue weighted by atomic mass is 35.5. The molecule has 112 heavy (non-hydrogen) atoms. The van der Waals surface area contributed by atoms with Crippen LogP contribution < -0.4 is 21.4 Å². The lowest BCUT2D eigenvalue weighted by Gasteiger charge is -2.15. The van der Waals surface area contributed by atoms with Gasteiger partial charge in [0.25, 0.3) is 0 Å². The van der Waals surface area contributed by atoms with Gasteiger partial charge in [0.05, 0.1) is 126 Å². The minimum Gasteiger partial charge on any atom is -0.354 e. The Kier molecular flexibility index (Phi) is 21.4. The van der Waals surface area contributed by atoms with Crippen molar-refractivity contribution in [2.45, 2.75) is 0 Å². The molecule has 5 aliphatic heterocycles. The van der Waals surface area contributed by atoms with E-state index < -0.39 is 0 Å². The van der Waals surface area contributed by atoms with E-state index in [9.17, 15) is 0 Å². The van der Waals surface area contributed by atoms with Crippen LogP contribution in [0.4, 0.5) is 0 Å². The second-order valence-corrected chi connectivity index (χ2v) is 32.3. The molecule has 5 aliphatic rings. The van der Waals surface area contributed by atoms with E-state index in [4.69, 9.17) is 206 Å². The van der Waals surface area contributed by atoms with Crippen molar-refractivity contribution in [3.8, 4) is 0 Å². The highest BCUT2D eigenvalue weighted by Crippen LogP contribution is 2.48. The SMILES string of the molecule is Clc1cccc(Cl)c1C1=C2C=CC(=N2)C(c2c(Cl)cccc2Cl)=c2ccc([nH]2)=C(c2c(Cl)cccc2Cl)C2=NC(=C(c3c(Cl)cccc3Cl)c3ccc([nH]3)C(c3c(Cl)cccc3Cl)=C3C=CC(=N3)C(c3c(Cl)cccc3Cl)=c3ccc([nH]3)=C(c3c(Cl)cccc3Cl)C3=NC(=C(c4c(Cl)cccc4Cl)c4ccc1[nH]4)C=C3)C=C2. The van der Waals surface area contributed by atoms with Gasteiger partial charge in [0, 0.05) is 133 Å². The second-order valence-electron chi connectivity index (χ2n) is 25.8.